The Morgan fingerprint density at radius 3 is 2.35 bits per heavy atom. The summed E-state index contributed by atoms with van der Waals surface area (Å²) in [6.45, 7) is 4.26. The fourth-order valence-electron chi connectivity index (χ4n) is 5.60. The van der Waals surface area contributed by atoms with Crippen LogP contribution in [0.4, 0.5) is 0 Å². The first-order valence-electron chi connectivity index (χ1n) is 13.9. The van der Waals surface area contributed by atoms with Crippen LogP contribution in [-0.4, -0.2) is 43.8 Å². The Bertz CT molecular complexity index is 1680. The maximum absolute atomic E-state index is 11.7. The average molecular weight is 606 g/mol. The molecule has 11 heteroatoms. The molecule has 2 unspecified atom stereocenters. The van der Waals surface area contributed by atoms with E-state index in [1.165, 1.54) is 12.1 Å². The largest absolute Gasteiger partial charge is 0.473 e. The number of methoxy groups -OCH3 is 1. The summed E-state index contributed by atoms with van der Waals surface area (Å²) in [5.74, 6) is 0.712. The molecule has 0 bridgehead atoms. The van der Waals surface area contributed by atoms with Crippen LogP contribution in [-0.2, 0) is 42.9 Å². The van der Waals surface area contributed by atoms with Gasteiger partial charge < -0.3 is 23.8 Å². The Kier molecular flexibility index (Phi) is 8.97. The molecule has 0 spiro atoms. The Morgan fingerprint density at radius 2 is 1.72 bits per heavy atom. The molecule has 0 amide bonds. The van der Waals surface area contributed by atoms with E-state index in [0.717, 1.165) is 29.5 Å². The molecule has 5 rings (SSSR count). The maximum atomic E-state index is 11.7. The summed E-state index contributed by atoms with van der Waals surface area (Å²) < 4.78 is 47.5. The van der Waals surface area contributed by atoms with Crippen LogP contribution in [0.3, 0.4) is 0 Å². The van der Waals surface area contributed by atoms with Crippen molar-refractivity contribution < 1.29 is 32.3 Å². The van der Waals surface area contributed by atoms with Crippen molar-refractivity contribution in [3.8, 4) is 22.6 Å². The van der Waals surface area contributed by atoms with E-state index in [2.05, 4.69) is 24.0 Å². The van der Waals surface area contributed by atoms with Crippen LogP contribution >= 0.6 is 0 Å². The molecule has 1 saturated heterocycles. The lowest BCUT2D eigenvalue weighted by molar-refractivity contribution is -0.152. The number of rotatable bonds is 9. The minimum absolute atomic E-state index is 0.0123. The van der Waals surface area contributed by atoms with Crippen molar-refractivity contribution >= 4 is 15.9 Å². The van der Waals surface area contributed by atoms with Gasteiger partial charge in [-0.2, -0.15) is 0 Å². The summed E-state index contributed by atoms with van der Waals surface area (Å²) in [5.41, 5.74) is 3.42. The first-order valence-corrected chi connectivity index (χ1v) is 15.5. The number of primary sulfonamides is 1. The number of oxazole rings is 1. The average Bonchev–Trinajstić information content (AvgIpc) is 3.42. The van der Waals surface area contributed by atoms with Gasteiger partial charge in [0.15, 0.2) is 5.76 Å². The Morgan fingerprint density at radius 1 is 1.02 bits per heavy atom. The summed E-state index contributed by atoms with van der Waals surface area (Å²) in [4.78, 5) is 4.66. The molecule has 0 saturated carbocycles. The minimum atomic E-state index is -3.85. The van der Waals surface area contributed by atoms with Crippen LogP contribution in [0, 0.1) is 0 Å². The SMILES string of the molecule is COC1(c2cccc(CO/C(Cc3nc(-c4ccccc4)c(-c4ccc(S(N)(=O)=O)cc4)o3)=N/O)c2)CC(C)OC(C)C1. The number of oxime groups is 1. The van der Waals surface area contributed by atoms with Crippen molar-refractivity contribution in [1.29, 1.82) is 0 Å². The summed E-state index contributed by atoms with van der Waals surface area (Å²) in [6, 6.07) is 23.5. The molecule has 0 aliphatic carbocycles. The normalized spacial score (nSPS) is 21.1. The van der Waals surface area contributed by atoms with E-state index >= 15 is 0 Å². The van der Waals surface area contributed by atoms with Gasteiger partial charge in [0.1, 0.15) is 18.7 Å². The molecule has 1 fully saturated rings. The zero-order valence-electron chi connectivity index (χ0n) is 24.3. The summed E-state index contributed by atoms with van der Waals surface area (Å²) in [5, 5.41) is 18.4. The lowest BCUT2D eigenvalue weighted by Crippen LogP contribution is -2.42. The number of nitrogens with two attached hydrogens (primary N) is 1. The van der Waals surface area contributed by atoms with Crippen molar-refractivity contribution in [2.75, 3.05) is 7.11 Å². The Balaban J connectivity index is 1.36. The summed E-state index contributed by atoms with van der Waals surface area (Å²) in [6.07, 6.45) is 1.59. The van der Waals surface area contributed by atoms with E-state index in [9.17, 15) is 13.6 Å². The van der Waals surface area contributed by atoms with Gasteiger partial charge >= 0.3 is 0 Å². The van der Waals surface area contributed by atoms with E-state index in [1.807, 2.05) is 54.6 Å². The van der Waals surface area contributed by atoms with Gasteiger partial charge in [-0.25, -0.2) is 18.5 Å². The monoisotopic (exact) mass is 605 g/mol. The van der Waals surface area contributed by atoms with Crippen LogP contribution < -0.4 is 5.14 Å². The van der Waals surface area contributed by atoms with Crippen LogP contribution in [0.25, 0.3) is 22.6 Å². The molecule has 1 aliphatic heterocycles. The number of aromatic nitrogens is 1. The number of nitrogens with zero attached hydrogens (tertiary/aromatic N) is 2. The molecule has 3 N–H and O–H groups in total. The first-order chi connectivity index (χ1) is 20.6. The van der Waals surface area contributed by atoms with Gasteiger partial charge in [0.05, 0.1) is 22.7 Å². The van der Waals surface area contributed by atoms with Crippen molar-refractivity contribution in [2.24, 2.45) is 10.3 Å². The third-order valence-electron chi connectivity index (χ3n) is 7.53. The quantitative estimate of drug-likeness (QED) is 0.108. The van der Waals surface area contributed by atoms with E-state index in [1.54, 1.807) is 19.2 Å². The lowest BCUT2D eigenvalue weighted by atomic mass is 9.81. The second kappa shape index (κ2) is 12.7. The van der Waals surface area contributed by atoms with Gasteiger partial charge in [-0.3, -0.25) is 0 Å². The van der Waals surface area contributed by atoms with Crippen LogP contribution in [0.1, 0.15) is 43.7 Å². The van der Waals surface area contributed by atoms with Crippen molar-refractivity contribution in [2.45, 2.75) is 62.4 Å². The molecule has 2 atom stereocenters. The van der Waals surface area contributed by atoms with E-state index in [-0.39, 0.29) is 41.9 Å². The number of ether oxygens (including phenoxy) is 3. The van der Waals surface area contributed by atoms with Crippen LogP contribution in [0.5, 0.6) is 0 Å². The minimum Gasteiger partial charge on any atom is -0.473 e. The molecule has 1 aliphatic rings. The Labute approximate surface area is 251 Å². The van der Waals surface area contributed by atoms with Crippen molar-refractivity contribution in [3.05, 3.63) is 95.9 Å². The number of benzene rings is 3. The second-order valence-electron chi connectivity index (χ2n) is 10.7. The zero-order chi connectivity index (χ0) is 30.6. The predicted octanol–water partition coefficient (Wildman–Crippen LogP) is 5.63. The van der Waals surface area contributed by atoms with Gasteiger partial charge in [0, 0.05) is 31.1 Å². The summed E-state index contributed by atoms with van der Waals surface area (Å²) >= 11 is 0. The second-order valence-corrected chi connectivity index (χ2v) is 12.3. The highest BCUT2D eigenvalue weighted by molar-refractivity contribution is 7.89. The van der Waals surface area contributed by atoms with Crippen LogP contribution in [0.2, 0.25) is 0 Å². The molecule has 43 heavy (non-hydrogen) atoms. The van der Waals surface area contributed by atoms with E-state index in [4.69, 9.17) is 23.8 Å². The number of sulfonamides is 1. The predicted molar refractivity (Wildman–Crippen MR) is 161 cm³/mol. The topological polar surface area (TPSA) is 146 Å². The molecule has 10 nitrogen and oxygen atoms in total. The molecule has 3 aromatic carbocycles. The summed E-state index contributed by atoms with van der Waals surface area (Å²) in [7, 11) is -2.12. The first kappa shape index (κ1) is 30.4. The Hall–Kier alpha value is -4.03. The highest BCUT2D eigenvalue weighted by Crippen LogP contribution is 2.40. The third-order valence-corrected chi connectivity index (χ3v) is 8.46. The lowest BCUT2D eigenvalue weighted by Gasteiger charge is -2.42. The molecule has 4 aromatic rings. The molecule has 226 valence electrons. The molecular weight excluding hydrogens is 570 g/mol. The zero-order valence-corrected chi connectivity index (χ0v) is 25.1. The third kappa shape index (κ3) is 6.97. The van der Waals surface area contributed by atoms with Crippen LogP contribution in [0.15, 0.2) is 93.3 Å². The smallest absolute Gasteiger partial charge is 0.238 e. The van der Waals surface area contributed by atoms with Gasteiger partial charge in [-0.1, -0.05) is 53.7 Å². The van der Waals surface area contributed by atoms with E-state index < -0.39 is 15.6 Å². The molecule has 2 heterocycles. The van der Waals surface area contributed by atoms with Crippen molar-refractivity contribution in [3.63, 3.8) is 0 Å². The molecular formula is C32H35N3O7S. The van der Waals surface area contributed by atoms with E-state index in [0.29, 0.717) is 17.0 Å². The fourth-order valence-corrected chi connectivity index (χ4v) is 6.12. The fraction of sp³-hybridized carbons (Fsp3) is 0.312. The van der Waals surface area contributed by atoms with Gasteiger partial charge in [-0.05, 0) is 55.3 Å². The van der Waals surface area contributed by atoms with Gasteiger partial charge in [0.25, 0.3) is 0 Å². The van der Waals surface area contributed by atoms with Gasteiger partial charge in [0.2, 0.25) is 21.8 Å². The standard InChI is InChI=1S/C32H35N3O7S/c1-21-18-32(39-3,19-22(2)41-21)26-11-7-8-23(16-26)20-40-29(35-36)17-28-34-30(24-9-5-4-6-10-24)31(42-28)25-12-14-27(15-13-25)43(33,37)38/h4-16,21-22,36H,17-20H2,1-3H3,(H2,33,37,38)/b35-29+. The van der Waals surface area contributed by atoms with Crippen molar-refractivity contribution in [1.82, 2.24) is 4.98 Å². The highest BCUT2D eigenvalue weighted by Gasteiger charge is 2.40. The number of hydrogen-bond acceptors (Lipinski definition) is 9. The number of hydrogen-bond donors (Lipinski definition) is 2. The maximum Gasteiger partial charge on any atom is 0.238 e. The highest BCUT2D eigenvalue weighted by atomic mass is 32.2. The molecule has 0 radical (unpaired) electrons. The van der Waals surface area contributed by atoms with Gasteiger partial charge in [-0.15, -0.1) is 0 Å². The molecule has 1 aromatic heterocycles.